The number of nitrogens with one attached hydrogen (secondary N) is 1. The van der Waals surface area contributed by atoms with E-state index in [1.807, 2.05) is 0 Å². The van der Waals surface area contributed by atoms with Gasteiger partial charge < -0.3 is 10.4 Å². The molecule has 6 nitrogen and oxygen atoms in total. The van der Waals surface area contributed by atoms with Gasteiger partial charge in [0.05, 0.1) is 4.92 Å². The van der Waals surface area contributed by atoms with Gasteiger partial charge in [-0.05, 0) is 37.8 Å². The molecule has 6 heteroatoms. The second-order valence-electron chi connectivity index (χ2n) is 5.05. The van der Waals surface area contributed by atoms with Crippen LogP contribution in [0.1, 0.15) is 41.6 Å². The van der Waals surface area contributed by atoms with Crippen LogP contribution >= 0.6 is 0 Å². The van der Waals surface area contributed by atoms with E-state index in [2.05, 4.69) is 11.4 Å². The summed E-state index contributed by atoms with van der Waals surface area (Å²) >= 11 is 0. The average molecular weight is 290 g/mol. The van der Waals surface area contributed by atoms with E-state index in [4.69, 9.17) is 0 Å². The van der Waals surface area contributed by atoms with Crippen molar-refractivity contribution in [3.8, 4) is 0 Å². The summed E-state index contributed by atoms with van der Waals surface area (Å²) in [6, 6.07) is 4.34. The number of hydrogen-bond donors (Lipinski definition) is 2. The van der Waals surface area contributed by atoms with Crippen LogP contribution in [0.5, 0.6) is 0 Å². The van der Waals surface area contributed by atoms with Crippen molar-refractivity contribution in [2.75, 3.05) is 6.54 Å². The van der Waals surface area contributed by atoms with Crippen LogP contribution in [0, 0.1) is 10.1 Å². The Morgan fingerprint density at radius 3 is 2.86 bits per heavy atom. The molecule has 2 N–H and O–H groups in total. The van der Waals surface area contributed by atoms with E-state index in [0.29, 0.717) is 12.1 Å². The van der Waals surface area contributed by atoms with Crippen molar-refractivity contribution >= 4 is 11.7 Å². The summed E-state index contributed by atoms with van der Waals surface area (Å²) in [5.41, 5.74) is 1.28. The van der Waals surface area contributed by atoms with Gasteiger partial charge in [-0.2, -0.15) is 0 Å². The number of rotatable bonds is 7. The molecule has 112 valence electrons. The normalized spacial score (nSPS) is 14.0. The van der Waals surface area contributed by atoms with Crippen LogP contribution in [-0.2, 0) is 6.54 Å². The van der Waals surface area contributed by atoms with E-state index in [9.17, 15) is 20.0 Å². The van der Waals surface area contributed by atoms with Gasteiger partial charge >= 0.3 is 5.97 Å². The fourth-order valence-electron chi connectivity index (χ4n) is 2.57. The van der Waals surface area contributed by atoms with Crippen LogP contribution < -0.4 is 5.32 Å². The number of allylic oxidation sites excluding steroid dienone is 1. The van der Waals surface area contributed by atoms with E-state index in [1.54, 1.807) is 6.07 Å². The molecule has 1 aromatic carbocycles. The highest BCUT2D eigenvalue weighted by Crippen LogP contribution is 2.23. The van der Waals surface area contributed by atoms with Crippen LogP contribution in [-0.4, -0.2) is 22.5 Å². The van der Waals surface area contributed by atoms with Gasteiger partial charge in [-0.1, -0.05) is 23.8 Å². The first-order chi connectivity index (χ1) is 10.1. The molecule has 0 saturated carbocycles. The molecule has 0 radical (unpaired) electrons. The molecule has 2 rings (SSSR count). The van der Waals surface area contributed by atoms with Crippen LogP contribution in [0.2, 0.25) is 0 Å². The molecule has 0 bridgehead atoms. The standard InChI is InChI=1S/C15H18N2O4/c18-15(19)14-12(6-3-7-13(14)17(20)21)10-16-9-8-11-4-1-2-5-11/h3-4,6-7,16H,1-2,5,8-10H2,(H,18,19). The third kappa shape index (κ3) is 3.88. The molecular formula is C15H18N2O4. The molecule has 0 spiro atoms. The number of aromatic carboxylic acids is 1. The molecule has 0 saturated heterocycles. The number of benzene rings is 1. The predicted octanol–water partition coefficient (Wildman–Crippen LogP) is 2.88. The number of hydrogen-bond acceptors (Lipinski definition) is 4. The molecule has 0 fully saturated rings. The first-order valence-electron chi connectivity index (χ1n) is 6.98. The highest BCUT2D eigenvalue weighted by Gasteiger charge is 2.22. The van der Waals surface area contributed by atoms with Gasteiger partial charge in [0.25, 0.3) is 5.69 Å². The Bertz CT molecular complexity index is 581. The van der Waals surface area contributed by atoms with Crippen molar-refractivity contribution in [3.63, 3.8) is 0 Å². The maximum Gasteiger partial charge on any atom is 0.343 e. The summed E-state index contributed by atoms with van der Waals surface area (Å²) in [7, 11) is 0. The molecular weight excluding hydrogens is 272 g/mol. The van der Waals surface area contributed by atoms with Crippen LogP contribution in [0.4, 0.5) is 5.69 Å². The molecule has 0 atom stereocenters. The van der Waals surface area contributed by atoms with Gasteiger partial charge in [0.2, 0.25) is 0 Å². The highest BCUT2D eigenvalue weighted by atomic mass is 16.6. The Morgan fingerprint density at radius 1 is 1.43 bits per heavy atom. The zero-order chi connectivity index (χ0) is 15.2. The maximum absolute atomic E-state index is 11.2. The number of nitro benzene ring substituents is 1. The largest absolute Gasteiger partial charge is 0.477 e. The van der Waals surface area contributed by atoms with Gasteiger partial charge in [-0.3, -0.25) is 10.1 Å². The summed E-state index contributed by atoms with van der Waals surface area (Å²) in [5, 5.41) is 23.2. The molecule has 0 amide bonds. The van der Waals surface area contributed by atoms with Gasteiger partial charge in [0, 0.05) is 12.6 Å². The minimum atomic E-state index is -1.27. The van der Waals surface area contributed by atoms with Gasteiger partial charge in [-0.15, -0.1) is 0 Å². The van der Waals surface area contributed by atoms with Crippen molar-refractivity contribution < 1.29 is 14.8 Å². The summed E-state index contributed by atoms with van der Waals surface area (Å²) in [6.07, 6.45) is 6.68. The topological polar surface area (TPSA) is 92.5 Å². The molecule has 0 aromatic heterocycles. The average Bonchev–Trinajstić information content (AvgIpc) is 2.96. The van der Waals surface area contributed by atoms with Crippen molar-refractivity contribution in [3.05, 3.63) is 51.1 Å². The fraction of sp³-hybridized carbons (Fsp3) is 0.400. The quantitative estimate of drug-likeness (QED) is 0.348. The second-order valence-corrected chi connectivity index (χ2v) is 5.05. The Labute approximate surface area is 122 Å². The Kier molecular flexibility index (Phi) is 5.05. The second kappa shape index (κ2) is 6.99. The van der Waals surface area contributed by atoms with Gasteiger partial charge in [0.15, 0.2) is 0 Å². The molecule has 21 heavy (non-hydrogen) atoms. The fourth-order valence-corrected chi connectivity index (χ4v) is 2.57. The van der Waals surface area contributed by atoms with Crippen molar-refractivity contribution in [1.29, 1.82) is 0 Å². The number of carboxylic acids is 1. The van der Waals surface area contributed by atoms with Gasteiger partial charge in [-0.25, -0.2) is 4.79 Å². The van der Waals surface area contributed by atoms with Crippen LogP contribution in [0.3, 0.4) is 0 Å². The number of nitrogens with zero attached hydrogens (tertiary/aromatic N) is 1. The SMILES string of the molecule is O=C(O)c1c(CNCCC2=CCCC2)cccc1[N+](=O)[O-]. The van der Waals surface area contributed by atoms with Crippen LogP contribution in [0.15, 0.2) is 29.8 Å². The smallest absolute Gasteiger partial charge is 0.343 e. The first kappa shape index (κ1) is 15.2. The molecule has 1 aromatic rings. The van der Waals surface area contributed by atoms with E-state index in [1.165, 1.54) is 24.1 Å². The van der Waals surface area contributed by atoms with Crippen molar-refractivity contribution in [1.82, 2.24) is 5.32 Å². The lowest BCUT2D eigenvalue weighted by Gasteiger charge is -2.08. The zero-order valence-corrected chi connectivity index (χ0v) is 11.7. The molecule has 0 unspecified atom stereocenters. The molecule has 1 aliphatic rings. The Hall–Kier alpha value is -2.21. The van der Waals surface area contributed by atoms with E-state index in [0.717, 1.165) is 25.8 Å². The lowest BCUT2D eigenvalue weighted by molar-refractivity contribution is -0.385. The third-order valence-corrected chi connectivity index (χ3v) is 3.61. The lowest BCUT2D eigenvalue weighted by Crippen LogP contribution is -2.18. The minimum absolute atomic E-state index is 0.227. The summed E-state index contributed by atoms with van der Waals surface area (Å²) in [5.74, 6) is -1.27. The molecule has 0 heterocycles. The maximum atomic E-state index is 11.2. The predicted molar refractivity (Wildman–Crippen MR) is 78.3 cm³/mol. The Morgan fingerprint density at radius 2 is 2.24 bits per heavy atom. The lowest BCUT2D eigenvalue weighted by atomic mass is 10.1. The first-order valence-corrected chi connectivity index (χ1v) is 6.98. The molecule has 1 aliphatic carbocycles. The highest BCUT2D eigenvalue weighted by molar-refractivity contribution is 5.94. The van der Waals surface area contributed by atoms with Crippen molar-refractivity contribution in [2.24, 2.45) is 0 Å². The van der Waals surface area contributed by atoms with Gasteiger partial charge in [0.1, 0.15) is 5.56 Å². The number of nitro groups is 1. The third-order valence-electron chi connectivity index (χ3n) is 3.61. The summed E-state index contributed by atoms with van der Waals surface area (Å²) in [4.78, 5) is 21.5. The molecule has 0 aliphatic heterocycles. The monoisotopic (exact) mass is 290 g/mol. The Balaban J connectivity index is 2.00. The number of carboxylic acid groups (broad SMARTS) is 1. The zero-order valence-electron chi connectivity index (χ0n) is 11.7. The summed E-state index contributed by atoms with van der Waals surface area (Å²) < 4.78 is 0. The van der Waals surface area contributed by atoms with E-state index >= 15 is 0 Å². The van der Waals surface area contributed by atoms with Crippen LogP contribution in [0.25, 0.3) is 0 Å². The van der Waals surface area contributed by atoms with E-state index in [-0.39, 0.29) is 11.3 Å². The van der Waals surface area contributed by atoms with E-state index < -0.39 is 10.9 Å². The number of carbonyl (C=O) groups is 1. The summed E-state index contributed by atoms with van der Waals surface area (Å²) in [6.45, 7) is 1.06. The van der Waals surface area contributed by atoms with Crippen molar-refractivity contribution in [2.45, 2.75) is 32.2 Å². The minimum Gasteiger partial charge on any atom is -0.477 e.